The van der Waals surface area contributed by atoms with E-state index in [9.17, 15) is 9.59 Å². The van der Waals surface area contributed by atoms with Gasteiger partial charge in [-0.1, -0.05) is 6.42 Å². The lowest BCUT2D eigenvalue weighted by molar-refractivity contribution is -0.126. The first-order valence-corrected chi connectivity index (χ1v) is 10.6. The Labute approximate surface area is 167 Å². The van der Waals surface area contributed by atoms with Gasteiger partial charge in [-0.15, -0.1) is 0 Å². The van der Waals surface area contributed by atoms with E-state index in [1.54, 1.807) is 12.0 Å². The molecule has 1 aromatic rings. The topological polar surface area (TPSA) is 61.9 Å². The normalized spacial score (nSPS) is 28.1. The minimum absolute atomic E-state index is 0.0152. The first kappa shape index (κ1) is 19.2. The monoisotopic (exact) mass is 385 g/mol. The zero-order valence-corrected chi connectivity index (χ0v) is 16.7. The molecule has 28 heavy (non-hydrogen) atoms. The van der Waals surface area contributed by atoms with Crippen LogP contribution in [0.15, 0.2) is 24.3 Å². The third kappa shape index (κ3) is 4.02. The lowest BCUT2D eigenvalue weighted by Crippen LogP contribution is -2.51. The van der Waals surface area contributed by atoms with Gasteiger partial charge >= 0.3 is 0 Å². The van der Waals surface area contributed by atoms with Crippen LogP contribution in [0.5, 0.6) is 5.75 Å². The van der Waals surface area contributed by atoms with Crippen LogP contribution in [0.1, 0.15) is 38.5 Å². The molecule has 0 saturated carbocycles. The van der Waals surface area contributed by atoms with Gasteiger partial charge in [-0.05, 0) is 69.0 Å². The van der Waals surface area contributed by atoms with E-state index < -0.39 is 0 Å². The number of nitrogens with one attached hydrogen (secondary N) is 1. The zero-order valence-electron chi connectivity index (χ0n) is 16.7. The van der Waals surface area contributed by atoms with Gasteiger partial charge in [0.15, 0.2) is 0 Å². The third-order valence-electron chi connectivity index (χ3n) is 6.65. The van der Waals surface area contributed by atoms with E-state index in [2.05, 4.69) is 10.2 Å². The molecule has 6 nitrogen and oxygen atoms in total. The van der Waals surface area contributed by atoms with Gasteiger partial charge < -0.3 is 19.9 Å². The molecular weight excluding hydrogens is 354 g/mol. The third-order valence-corrected chi connectivity index (χ3v) is 6.65. The van der Waals surface area contributed by atoms with E-state index in [-0.39, 0.29) is 24.2 Å². The number of methoxy groups -OCH3 is 1. The van der Waals surface area contributed by atoms with Crippen LogP contribution in [-0.2, 0) is 9.59 Å². The van der Waals surface area contributed by atoms with Gasteiger partial charge in [0.2, 0.25) is 11.8 Å². The fraction of sp³-hybridized carbons (Fsp3) is 0.636. The summed E-state index contributed by atoms with van der Waals surface area (Å²) in [4.78, 5) is 29.5. The van der Waals surface area contributed by atoms with Crippen molar-refractivity contribution in [3.63, 3.8) is 0 Å². The Hall–Kier alpha value is -2.08. The molecule has 1 unspecified atom stereocenters. The largest absolute Gasteiger partial charge is 0.497 e. The maximum absolute atomic E-state index is 12.7. The molecule has 3 heterocycles. The summed E-state index contributed by atoms with van der Waals surface area (Å²) in [6.45, 7) is 3.62. The Morgan fingerprint density at radius 1 is 1.14 bits per heavy atom. The Bertz CT molecular complexity index is 703. The molecule has 0 aromatic heterocycles. The summed E-state index contributed by atoms with van der Waals surface area (Å²) in [5, 5.41) is 3.17. The average Bonchev–Trinajstić information content (AvgIpc) is 3.13. The number of rotatable bonds is 5. The highest BCUT2D eigenvalue weighted by molar-refractivity contribution is 6.00. The highest BCUT2D eigenvalue weighted by Gasteiger charge is 2.37. The van der Waals surface area contributed by atoms with Crippen molar-refractivity contribution in [3.8, 4) is 5.75 Å². The predicted octanol–water partition coefficient (Wildman–Crippen LogP) is 2.43. The zero-order chi connectivity index (χ0) is 19.5. The van der Waals surface area contributed by atoms with Crippen molar-refractivity contribution in [1.29, 1.82) is 0 Å². The number of nitrogens with zero attached hydrogens (tertiary/aromatic N) is 2. The molecule has 0 bridgehead atoms. The van der Waals surface area contributed by atoms with Crippen molar-refractivity contribution in [1.82, 2.24) is 10.2 Å². The van der Waals surface area contributed by atoms with Gasteiger partial charge in [0.25, 0.3) is 0 Å². The molecular formula is C22H31N3O3. The highest BCUT2D eigenvalue weighted by Crippen LogP contribution is 2.31. The number of anilines is 1. The van der Waals surface area contributed by atoms with Crippen LogP contribution in [-0.4, -0.2) is 56.0 Å². The number of hydrogen-bond acceptors (Lipinski definition) is 4. The molecule has 2 amide bonds. The maximum Gasteiger partial charge on any atom is 0.227 e. The van der Waals surface area contributed by atoms with Crippen LogP contribution in [0.4, 0.5) is 5.69 Å². The van der Waals surface area contributed by atoms with Crippen molar-refractivity contribution in [2.24, 2.45) is 11.8 Å². The number of benzene rings is 1. The van der Waals surface area contributed by atoms with Gasteiger partial charge in [0, 0.05) is 31.2 Å². The van der Waals surface area contributed by atoms with Crippen molar-refractivity contribution < 1.29 is 14.3 Å². The van der Waals surface area contributed by atoms with E-state index in [1.807, 2.05) is 24.3 Å². The van der Waals surface area contributed by atoms with Gasteiger partial charge in [0.1, 0.15) is 5.75 Å². The number of amides is 2. The number of fused-ring (bicyclic) bond motifs is 1. The second-order valence-corrected chi connectivity index (χ2v) is 8.35. The number of carbonyl (C=O) groups excluding carboxylic acids is 2. The summed E-state index contributed by atoms with van der Waals surface area (Å²) in [6, 6.07) is 8.06. The fourth-order valence-electron chi connectivity index (χ4n) is 5.09. The highest BCUT2D eigenvalue weighted by atomic mass is 16.5. The summed E-state index contributed by atoms with van der Waals surface area (Å²) in [7, 11) is 1.62. The first-order valence-electron chi connectivity index (χ1n) is 10.6. The van der Waals surface area contributed by atoms with Crippen molar-refractivity contribution in [2.45, 2.75) is 44.6 Å². The summed E-state index contributed by atoms with van der Waals surface area (Å²) in [5.74, 6) is 1.08. The average molecular weight is 386 g/mol. The molecule has 0 radical (unpaired) electrons. The molecule has 3 aliphatic rings. The van der Waals surface area contributed by atoms with E-state index in [0.29, 0.717) is 18.5 Å². The Morgan fingerprint density at radius 2 is 1.93 bits per heavy atom. The van der Waals surface area contributed by atoms with Crippen LogP contribution >= 0.6 is 0 Å². The lowest BCUT2D eigenvalue weighted by atomic mass is 9.83. The molecule has 152 valence electrons. The number of carbonyl (C=O) groups is 2. The predicted molar refractivity (Wildman–Crippen MR) is 108 cm³/mol. The van der Waals surface area contributed by atoms with Gasteiger partial charge in [-0.2, -0.15) is 0 Å². The lowest BCUT2D eigenvalue weighted by Gasteiger charge is -2.44. The number of ether oxygens (including phenoxy) is 1. The molecule has 1 N–H and O–H groups in total. The minimum atomic E-state index is -0.263. The van der Waals surface area contributed by atoms with Crippen molar-refractivity contribution >= 4 is 17.5 Å². The van der Waals surface area contributed by atoms with Gasteiger partial charge in [0.05, 0.1) is 13.0 Å². The summed E-state index contributed by atoms with van der Waals surface area (Å²) >= 11 is 0. The van der Waals surface area contributed by atoms with Crippen LogP contribution in [0.25, 0.3) is 0 Å². The molecule has 4 rings (SSSR count). The van der Waals surface area contributed by atoms with Crippen LogP contribution in [0, 0.1) is 11.8 Å². The Kier molecular flexibility index (Phi) is 5.85. The van der Waals surface area contributed by atoms with Gasteiger partial charge in [-0.3, -0.25) is 9.59 Å². The summed E-state index contributed by atoms with van der Waals surface area (Å²) in [6.07, 6.45) is 6.58. The van der Waals surface area contributed by atoms with Crippen molar-refractivity contribution in [2.75, 3.05) is 38.2 Å². The summed E-state index contributed by atoms with van der Waals surface area (Å²) in [5.41, 5.74) is 0.825. The molecule has 6 heteroatoms. The van der Waals surface area contributed by atoms with Gasteiger partial charge in [-0.25, -0.2) is 0 Å². The Morgan fingerprint density at radius 3 is 2.71 bits per heavy atom. The van der Waals surface area contributed by atoms with Crippen LogP contribution < -0.4 is 15.0 Å². The van der Waals surface area contributed by atoms with E-state index in [1.165, 1.54) is 45.2 Å². The summed E-state index contributed by atoms with van der Waals surface area (Å²) < 4.78 is 5.17. The van der Waals surface area contributed by atoms with E-state index >= 15 is 0 Å². The fourth-order valence-corrected chi connectivity index (χ4v) is 5.09. The van der Waals surface area contributed by atoms with Crippen LogP contribution in [0.2, 0.25) is 0 Å². The molecule has 0 spiro atoms. The quantitative estimate of drug-likeness (QED) is 0.846. The second kappa shape index (κ2) is 8.52. The molecule has 1 aromatic carbocycles. The SMILES string of the molecule is COc1ccc(N2CC(C(=O)NC[C@@H]3CCCN4CCCC[C@H]34)CC2=O)cc1. The first-order chi connectivity index (χ1) is 13.7. The smallest absolute Gasteiger partial charge is 0.227 e. The minimum Gasteiger partial charge on any atom is -0.497 e. The number of piperidine rings is 2. The molecule has 0 aliphatic carbocycles. The molecule has 3 aliphatic heterocycles. The second-order valence-electron chi connectivity index (χ2n) is 8.35. The van der Waals surface area contributed by atoms with E-state index in [4.69, 9.17) is 4.74 Å². The van der Waals surface area contributed by atoms with E-state index in [0.717, 1.165) is 18.0 Å². The van der Waals surface area contributed by atoms with Crippen LogP contribution in [0.3, 0.4) is 0 Å². The maximum atomic E-state index is 12.7. The number of hydrogen-bond donors (Lipinski definition) is 1. The standard InChI is InChI=1S/C22H31N3O3/c1-28-19-9-7-18(8-10-19)25-15-17(13-21(25)26)22(27)23-14-16-5-4-12-24-11-3-2-6-20(16)24/h7-10,16-17,20H,2-6,11-15H2,1H3,(H,23,27)/t16-,17?,20+/m0/s1. The molecule has 3 saturated heterocycles. The molecule has 3 atom stereocenters. The van der Waals surface area contributed by atoms with Crippen molar-refractivity contribution in [3.05, 3.63) is 24.3 Å². The Balaban J connectivity index is 1.32. The molecule has 3 fully saturated rings.